The predicted octanol–water partition coefficient (Wildman–Crippen LogP) is 2.24. The Morgan fingerprint density at radius 1 is 0.900 bits per heavy atom. The molecule has 9 heteroatoms. The number of imidazole rings is 1. The van der Waals surface area contributed by atoms with Crippen LogP contribution >= 0.6 is 0 Å². The van der Waals surface area contributed by atoms with Crippen LogP contribution in [0, 0.1) is 20.8 Å². The van der Waals surface area contributed by atoms with E-state index in [0.29, 0.717) is 26.2 Å². The second-order valence-corrected chi connectivity index (χ2v) is 9.62. The van der Waals surface area contributed by atoms with Crippen LogP contribution in [0.25, 0.3) is 5.82 Å². The molecule has 0 aliphatic carbocycles. The van der Waals surface area contributed by atoms with Gasteiger partial charge in [0.1, 0.15) is 24.3 Å². The molecule has 0 N–H and O–H groups in total. The van der Waals surface area contributed by atoms with Gasteiger partial charge in [0.25, 0.3) is 0 Å². The van der Waals surface area contributed by atoms with Crippen molar-refractivity contribution < 1.29 is 8.42 Å². The molecule has 0 unspecified atom stereocenters. The summed E-state index contributed by atoms with van der Waals surface area (Å²) < 4.78 is 29.2. The molecule has 0 atom stereocenters. The summed E-state index contributed by atoms with van der Waals surface area (Å²) >= 11 is 0. The van der Waals surface area contributed by atoms with Gasteiger partial charge in [0.05, 0.1) is 11.4 Å². The van der Waals surface area contributed by atoms with Crippen molar-refractivity contribution in [2.24, 2.45) is 0 Å². The van der Waals surface area contributed by atoms with E-state index in [0.717, 1.165) is 34.2 Å². The van der Waals surface area contributed by atoms with E-state index in [9.17, 15) is 8.42 Å². The molecule has 1 saturated heterocycles. The van der Waals surface area contributed by atoms with Crippen LogP contribution in [0.1, 0.15) is 22.5 Å². The zero-order valence-electron chi connectivity index (χ0n) is 17.5. The largest absolute Gasteiger partial charge is 0.354 e. The van der Waals surface area contributed by atoms with Crippen LogP contribution in [-0.2, 0) is 15.8 Å². The minimum Gasteiger partial charge on any atom is -0.354 e. The van der Waals surface area contributed by atoms with E-state index >= 15 is 0 Å². The highest BCUT2D eigenvalue weighted by atomic mass is 32.2. The van der Waals surface area contributed by atoms with Gasteiger partial charge in [-0.15, -0.1) is 0 Å². The van der Waals surface area contributed by atoms with Crippen molar-refractivity contribution >= 4 is 15.8 Å². The summed E-state index contributed by atoms with van der Waals surface area (Å²) in [4.78, 5) is 15.2. The molecule has 1 aliphatic heterocycles. The van der Waals surface area contributed by atoms with Crippen LogP contribution in [0.2, 0.25) is 0 Å². The van der Waals surface area contributed by atoms with Gasteiger partial charge in [-0.1, -0.05) is 29.8 Å². The minimum atomic E-state index is -3.35. The minimum absolute atomic E-state index is 0.0319. The molecule has 8 nitrogen and oxygen atoms in total. The Kier molecular flexibility index (Phi) is 5.57. The first-order valence-corrected chi connectivity index (χ1v) is 11.6. The number of aromatic nitrogens is 4. The Bertz CT molecular complexity index is 1130. The fourth-order valence-electron chi connectivity index (χ4n) is 3.55. The molecular weight excluding hydrogens is 400 g/mol. The fourth-order valence-corrected chi connectivity index (χ4v) is 5.07. The Morgan fingerprint density at radius 3 is 2.20 bits per heavy atom. The van der Waals surface area contributed by atoms with E-state index in [-0.39, 0.29) is 5.75 Å². The van der Waals surface area contributed by atoms with Crippen molar-refractivity contribution in [3.05, 3.63) is 65.5 Å². The molecule has 3 aromatic rings. The third-order valence-electron chi connectivity index (χ3n) is 5.56. The van der Waals surface area contributed by atoms with Crippen molar-refractivity contribution in [2.45, 2.75) is 26.5 Å². The topological polar surface area (TPSA) is 84.2 Å². The second-order valence-electron chi connectivity index (χ2n) is 7.65. The zero-order chi connectivity index (χ0) is 21.3. The van der Waals surface area contributed by atoms with Gasteiger partial charge in [0, 0.05) is 37.9 Å². The first-order chi connectivity index (χ1) is 14.3. The monoisotopic (exact) mass is 426 g/mol. The normalized spacial score (nSPS) is 15.5. The maximum absolute atomic E-state index is 12.8. The van der Waals surface area contributed by atoms with E-state index < -0.39 is 10.0 Å². The molecule has 1 aliphatic rings. The number of hydrogen-bond donors (Lipinski definition) is 0. The molecule has 1 aromatic carbocycles. The van der Waals surface area contributed by atoms with Crippen molar-refractivity contribution in [3.63, 3.8) is 0 Å². The van der Waals surface area contributed by atoms with Crippen LogP contribution in [0.5, 0.6) is 0 Å². The lowest BCUT2D eigenvalue weighted by Crippen LogP contribution is -2.49. The van der Waals surface area contributed by atoms with Gasteiger partial charge in [-0.2, -0.15) is 4.31 Å². The average molecular weight is 427 g/mol. The van der Waals surface area contributed by atoms with Crippen LogP contribution < -0.4 is 4.90 Å². The third-order valence-corrected chi connectivity index (χ3v) is 7.41. The summed E-state index contributed by atoms with van der Waals surface area (Å²) in [6.07, 6.45) is 3.30. The number of anilines is 1. The molecule has 0 amide bonds. The third kappa shape index (κ3) is 4.22. The van der Waals surface area contributed by atoms with Crippen LogP contribution in [-0.4, -0.2) is 58.4 Å². The van der Waals surface area contributed by atoms with E-state index in [2.05, 4.69) is 19.9 Å². The van der Waals surface area contributed by atoms with E-state index in [4.69, 9.17) is 0 Å². The number of piperazine rings is 1. The lowest BCUT2D eigenvalue weighted by molar-refractivity contribution is 0.383. The Morgan fingerprint density at radius 2 is 1.57 bits per heavy atom. The van der Waals surface area contributed by atoms with E-state index in [1.54, 1.807) is 17.0 Å². The van der Waals surface area contributed by atoms with Crippen molar-refractivity contribution in [1.82, 2.24) is 23.8 Å². The second kappa shape index (κ2) is 8.16. The summed E-state index contributed by atoms with van der Waals surface area (Å²) in [6, 6.07) is 9.57. The number of nitrogens with zero attached hydrogens (tertiary/aromatic N) is 6. The maximum atomic E-state index is 12.8. The standard InChI is InChI=1S/C21H26N6O2S/c1-16-4-6-19(7-5-16)13-30(28,29)26-10-8-25(9-11-26)20-12-21(23-14-22-20)27-15-24-17(2)18(27)3/h4-7,12,14-15H,8-11,13H2,1-3H3. The maximum Gasteiger partial charge on any atom is 0.218 e. The highest BCUT2D eigenvalue weighted by molar-refractivity contribution is 7.88. The van der Waals surface area contributed by atoms with Crippen LogP contribution in [0.4, 0.5) is 5.82 Å². The summed E-state index contributed by atoms with van der Waals surface area (Å²) in [6.45, 7) is 8.02. The molecule has 0 saturated carbocycles. The number of sulfonamides is 1. The van der Waals surface area contributed by atoms with Crippen LogP contribution in [0.15, 0.2) is 43.0 Å². The molecule has 0 radical (unpaired) electrons. The molecule has 0 spiro atoms. The van der Waals surface area contributed by atoms with Crippen LogP contribution in [0.3, 0.4) is 0 Å². The first kappa shape index (κ1) is 20.5. The lowest BCUT2D eigenvalue weighted by atomic mass is 10.2. The molecule has 158 valence electrons. The van der Waals surface area contributed by atoms with Gasteiger partial charge >= 0.3 is 0 Å². The van der Waals surface area contributed by atoms with Gasteiger partial charge < -0.3 is 4.90 Å². The van der Waals surface area contributed by atoms with Gasteiger partial charge in [0.2, 0.25) is 10.0 Å². The molecule has 2 aromatic heterocycles. The molecule has 4 rings (SSSR count). The average Bonchev–Trinajstić information content (AvgIpc) is 3.08. The SMILES string of the molecule is Cc1ccc(CS(=O)(=O)N2CCN(c3cc(-n4cnc(C)c4C)ncn3)CC2)cc1. The van der Waals surface area contributed by atoms with E-state index in [1.807, 2.05) is 55.7 Å². The molecule has 1 fully saturated rings. The van der Waals surface area contributed by atoms with E-state index in [1.165, 1.54) is 0 Å². The number of benzene rings is 1. The zero-order valence-corrected chi connectivity index (χ0v) is 18.3. The van der Waals surface area contributed by atoms with Gasteiger partial charge in [-0.3, -0.25) is 4.57 Å². The Hall–Kier alpha value is -2.78. The van der Waals surface area contributed by atoms with Gasteiger partial charge in [-0.25, -0.2) is 23.4 Å². The predicted molar refractivity (Wildman–Crippen MR) is 116 cm³/mol. The van der Waals surface area contributed by atoms with Gasteiger partial charge in [0.15, 0.2) is 0 Å². The summed E-state index contributed by atoms with van der Waals surface area (Å²) in [5.74, 6) is 1.58. The van der Waals surface area contributed by atoms with Crippen molar-refractivity contribution in [1.29, 1.82) is 0 Å². The Balaban J connectivity index is 1.44. The molecular formula is C21H26N6O2S. The quantitative estimate of drug-likeness (QED) is 0.622. The molecule has 30 heavy (non-hydrogen) atoms. The number of rotatable bonds is 5. The summed E-state index contributed by atoms with van der Waals surface area (Å²) in [5, 5.41) is 0. The smallest absolute Gasteiger partial charge is 0.218 e. The first-order valence-electron chi connectivity index (χ1n) is 9.95. The number of hydrogen-bond acceptors (Lipinski definition) is 6. The summed E-state index contributed by atoms with van der Waals surface area (Å²) in [7, 11) is -3.35. The van der Waals surface area contributed by atoms with Crippen molar-refractivity contribution in [2.75, 3.05) is 31.1 Å². The number of aryl methyl sites for hydroxylation is 2. The molecule has 0 bridgehead atoms. The highest BCUT2D eigenvalue weighted by Gasteiger charge is 2.27. The lowest BCUT2D eigenvalue weighted by Gasteiger charge is -2.34. The van der Waals surface area contributed by atoms with Crippen molar-refractivity contribution in [3.8, 4) is 5.82 Å². The Labute approximate surface area is 177 Å². The highest BCUT2D eigenvalue weighted by Crippen LogP contribution is 2.20. The fraction of sp³-hybridized carbons (Fsp3) is 0.381. The molecule has 3 heterocycles. The summed E-state index contributed by atoms with van der Waals surface area (Å²) in [5.41, 5.74) is 3.93. The van der Waals surface area contributed by atoms with Gasteiger partial charge in [-0.05, 0) is 26.3 Å².